The number of halogens is 2. The van der Waals surface area contributed by atoms with E-state index in [0.29, 0.717) is 13.0 Å². The number of benzene rings is 1. The van der Waals surface area contributed by atoms with Crippen LogP contribution in [0.15, 0.2) is 18.2 Å². The Kier molecular flexibility index (Phi) is 3.94. The molecular weight excluding hydrogens is 240 g/mol. The van der Waals surface area contributed by atoms with Crippen LogP contribution >= 0.6 is 0 Å². The SMILES string of the molecule is NCC1(C(O)c2c(F)cccc2F)CCCOC1. The minimum Gasteiger partial charge on any atom is -0.387 e. The molecule has 0 bridgehead atoms. The van der Waals surface area contributed by atoms with Gasteiger partial charge in [-0.05, 0) is 25.0 Å². The topological polar surface area (TPSA) is 55.5 Å². The number of ether oxygens (including phenoxy) is 1. The lowest BCUT2D eigenvalue weighted by molar-refractivity contribution is -0.0803. The molecule has 1 aliphatic heterocycles. The largest absolute Gasteiger partial charge is 0.387 e. The van der Waals surface area contributed by atoms with Gasteiger partial charge < -0.3 is 15.6 Å². The van der Waals surface area contributed by atoms with Gasteiger partial charge in [-0.2, -0.15) is 0 Å². The summed E-state index contributed by atoms with van der Waals surface area (Å²) in [6.07, 6.45) is 0.0342. The average molecular weight is 257 g/mol. The van der Waals surface area contributed by atoms with Crippen molar-refractivity contribution in [2.45, 2.75) is 18.9 Å². The third-order valence-electron chi connectivity index (χ3n) is 3.61. The van der Waals surface area contributed by atoms with E-state index in [9.17, 15) is 13.9 Å². The van der Waals surface area contributed by atoms with E-state index < -0.39 is 23.2 Å². The van der Waals surface area contributed by atoms with Crippen molar-refractivity contribution < 1.29 is 18.6 Å². The summed E-state index contributed by atoms with van der Waals surface area (Å²) in [7, 11) is 0. The first-order chi connectivity index (χ1) is 8.60. The van der Waals surface area contributed by atoms with Gasteiger partial charge >= 0.3 is 0 Å². The first-order valence-corrected chi connectivity index (χ1v) is 6.00. The highest BCUT2D eigenvalue weighted by Crippen LogP contribution is 2.41. The highest BCUT2D eigenvalue weighted by Gasteiger charge is 2.41. The predicted molar refractivity (Wildman–Crippen MR) is 62.9 cm³/mol. The van der Waals surface area contributed by atoms with E-state index in [1.54, 1.807) is 0 Å². The van der Waals surface area contributed by atoms with E-state index in [1.165, 1.54) is 6.07 Å². The first kappa shape index (κ1) is 13.4. The summed E-state index contributed by atoms with van der Waals surface area (Å²) in [6.45, 7) is 0.939. The zero-order chi connectivity index (χ0) is 13.2. The molecule has 2 rings (SSSR count). The molecule has 1 heterocycles. The molecule has 1 saturated heterocycles. The maximum absolute atomic E-state index is 13.7. The van der Waals surface area contributed by atoms with Crippen LogP contribution in [0.3, 0.4) is 0 Å². The van der Waals surface area contributed by atoms with Crippen LogP contribution in [0.25, 0.3) is 0 Å². The molecule has 0 amide bonds. The van der Waals surface area contributed by atoms with E-state index in [4.69, 9.17) is 10.5 Å². The number of aliphatic hydroxyl groups is 1. The molecule has 1 fully saturated rings. The van der Waals surface area contributed by atoms with Crippen LogP contribution in [0.4, 0.5) is 8.78 Å². The average Bonchev–Trinajstić information content (AvgIpc) is 2.39. The highest BCUT2D eigenvalue weighted by molar-refractivity contribution is 5.24. The summed E-state index contributed by atoms with van der Waals surface area (Å²) < 4.78 is 32.7. The van der Waals surface area contributed by atoms with Gasteiger partial charge in [0.25, 0.3) is 0 Å². The number of hydrogen-bond donors (Lipinski definition) is 2. The standard InChI is InChI=1S/C13H17F2NO2/c14-9-3-1-4-10(15)11(9)12(17)13(7-16)5-2-6-18-8-13/h1,3-4,12,17H,2,5-8,16H2. The molecule has 100 valence electrons. The summed E-state index contributed by atoms with van der Waals surface area (Å²) in [5.41, 5.74) is 4.58. The lowest BCUT2D eigenvalue weighted by atomic mass is 9.74. The van der Waals surface area contributed by atoms with Crippen molar-refractivity contribution in [3.05, 3.63) is 35.4 Å². The molecule has 0 aliphatic carbocycles. The molecule has 1 aliphatic rings. The second kappa shape index (κ2) is 5.30. The van der Waals surface area contributed by atoms with Gasteiger partial charge in [0.05, 0.1) is 18.3 Å². The molecule has 0 radical (unpaired) electrons. The molecule has 2 unspecified atom stereocenters. The number of nitrogens with two attached hydrogens (primary N) is 1. The molecule has 0 saturated carbocycles. The van der Waals surface area contributed by atoms with Crippen molar-refractivity contribution in [3.8, 4) is 0 Å². The maximum Gasteiger partial charge on any atom is 0.131 e. The number of rotatable bonds is 3. The number of hydrogen-bond acceptors (Lipinski definition) is 3. The molecule has 0 aromatic heterocycles. The van der Waals surface area contributed by atoms with Gasteiger partial charge in [0.1, 0.15) is 11.6 Å². The summed E-state index contributed by atoms with van der Waals surface area (Å²) in [6, 6.07) is 3.54. The predicted octanol–water partition coefficient (Wildman–Crippen LogP) is 1.75. The molecule has 18 heavy (non-hydrogen) atoms. The fourth-order valence-corrected chi connectivity index (χ4v) is 2.44. The van der Waals surface area contributed by atoms with Crippen LogP contribution in [0.1, 0.15) is 24.5 Å². The van der Waals surface area contributed by atoms with Crippen LogP contribution in [-0.2, 0) is 4.74 Å². The summed E-state index contributed by atoms with van der Waals surface area (Å²) in [5.74, 6) is -1.50. The lowest BCUT2D eigenvalue weighted by Gasteiger charge is -2.40. The normalized spacial score (nSPS) is 26.0. The van der Waals surface area contributed by atoms with Gasteiger partial charge in [0.2, 0.25) is 0 Å². The zero-order valence-electron chi connectivity index (χ0n) is 10.0. The van der Waals surface area contributed by atoms with E-state index in [0.717, 1.165) is 18.6 Å². The molecule has 3 nitrogen and oxygen atoms in total. The Morgan fingerprint density at radius 1 is 1.39 bits per heavy atom. The second-order valence-corrected chi connectivity index (χ2v) is 4.76. The first-order valence-electron chi connectivity index (χ1n) is 6.00. The van der Waals surface area contributed by atoms with Crippen LogP contribution in [-0.4, -0.2) is 24.9 Å². The Hall–Kier alpha value is -1.04. The Balaban J connectivity index is 2.36. The molecule has 5 heteroatoms. The van der Waals surface area contributed by atoms with Gasteiger partial charge in [0, 0.05) is 18.6 Å². The monoisotopic (exact) mass is 257 g/mol. The molecular formula is C13H17F2NO2. The van der Waals surface area contributed by atoms with Gasteiger partial charge in [-0.3, -0.25) is 0 Å². The third kappa shape index (κ3) is 2.25. The maximum atomic E-state index is 13.7. The fraction of sp³-hybridized carbons (Fsp3) is 0.538. The molecule has 0 spiro atoms. The molecule has 2 atom stereocenters. The van der Waals surface area contributed by atoms with Gasteiger partial charge in [-0.25, -0.2) is 8.78 Å². The van der Waals surface area contributed by atoms with Gasteiger partial charge in [0.15, 0.2) is 0 Å². The summed E-state index contributed by atoms with van der Waals surface area (Å²) >= 11 is 0. The van der Waals surface area contributed by atoms with E-state index >= 15 is 0 Å². The lowest BCUT2D eigenvalue weighted by Crippen LogP contribution is -2.44. The van der Waals surface area contributed by atoms with Crippen molar-refractivity contribution in [2.24, 2.45) is 11.1 Å². The quantitative estimate of drug-likeness (QED) is 0.867. The van der Waals surface area contributed by atoms with Crippen LogP contribution in [0, 0.1) is 17.0 Å². The van der Waals surface area contributed by atoms with Crippen molar-refractivity contribution in [2.75, 3.05) is 19.8 Å². The van der Waals surface area contributed by atoms with Crippen LogP contribution < -0.4 is 5.73 Å². The molecule has 3 N–H and O–H groups in total. The Morgan fingerprint density at radius 3 is 2.56 bits per heavy atom. The van der Waals surface area contributed by atoms with Crippen molar-refractivity contribution in [3.63, 3.8) is 0 Å². The summed E-state index contributed by atoms with van der Waals surface area (Å²) in [5, 5.41) is 10.3. The van der Waals surface area contributed by atoms with E-state index in [-0.39, 0.29) is 18.7 Å². The van der Waals surface area contributed by atoms with E-state index in [2.05, 4.69) is 0 Å². The second-order valence-electron chi connectivity index (χ2n) is 4.76. The zero-order valence-corrected chi connectivity index (χ0v) is 10.0. The Labute approximate surface area is 105 Å². The molecule has 1 aromatic carbocycles. The van der Waals surface area contributed by atoms with Crippen molar-refractivity contribution >= 4 is 0 Å². The van der Waals surface area contributed by atoms with Crippen molar-refractivity contribution in [1.82, 2.24) is 0 Å². The van der Waals surface area contributed by atoms with Crippen molar-refractivity contribution in [1.29, 1.82) is 0 Å². The molecule has 1 aromatic rings. The minimum absolute atomic E-state index is 0.127. The number of aliphatic hydroxyl groups excluding tert-OH is 1. The highest BCUT2D eigenvalue weighted by atomic mass is 19.1. The minimum atomic E-state index is -1.29. The summed E-state index contributed by atoms with van der Waals surface area (Å²) in [4.78, 5) is 0. The fourth-order valence-electron chi connectivity index (χ4n) is 2.44. The van der Waals surface area contributed by atoms with E-state index in [1.807, 2.05) is 0 Å². The third-order valence-corrected chi connectivity index (χ3v) is 3.61. The smallest absolute Gasteiger partial charge is 0.131 e. The van der Waals surface area contributed by atoms with Gasteiger partial charge in [-0.15, -0.1) is 0 Å². The van der Waals surface area contributed by atoms with Crippen LogP contribution in [0.5, 0.6) is 0 Å². The Morgan fingerprint density at radius 2 is 2.06 bits per heavy atom. The van der Waals surface area contributed by atoms with Gasteiger partial charge in [-0.1, -0.05) is 6.07 Å². The van der Waals surface area contributed by atoms with Crippen LogP contribution in [0.2, 0.25) is 0 Å². The Bertz CT molecular complexity index is 399.